The van der Waals surface area contributed by atoms with E-state index in [-0.39, 0.29) is 11.9 Å². The minimum Gasteiger partial charge on any atom is -0.377 e. The topological polar surface area (TPSA) is 41.6 Å². The van der Waals surface area contributed by atoms with Crippen molar-refractivity contribution in [1.29, 1.82) is 0 Å². The molecule has 0 aliphatic carbocycles. The van der Waals surface area contributed by atoms with Crippen molar-refractivity contribution < 1.29 is 9.53 Å². The van der Waals surface area contributed by atoms with Crippen molar-refractivity contribution >= 4 is 5.91 Å². The van der Waals surface area contributed by atoms with Gasteiger partial charge < -0.3 is 15.0 Å². The van der Waals surface area contributed by atoms with Gasteiger partial charge in [0.15, 0.2) is 0 Å². The van der Waals surface area contributed by atoms with Gasteiger partial charge in [0.1, 0.15) is 6.04 Å². The Labute approximate surface area is 72.9 Å². The standard InChI is InChI=1S/C8H16N2O2/c1-3-10-4-5-12-6-7(9-2)8(10)11/h7,9H,3-6H2,1-2H3. The summed E-state index contributed by atoms with van der Waals surface area (Å²) in [6.07, 6.45) is 0. The molecular weight excluding hydrogens is 156 g/mol. The zero-order chi connectivity index (χ0) is 8.97. The number of carbonyl (C=O) groups is 1. The van der Waals surface area contributed by atoms with Gasteiger partial charge in [0.2, 0.25) is 5.91 Å². The largest absolute Gasteiger partial charge is 0.377 e. The van der Waals surface area contributed by atoms with Gasteiger partial charge in [-0.15, -0.1) is 0 Å². The Bertz CT molecular complexity index is 145. The van der Waals surface area contributed by atoms with E-state index in [0.717, 1.165) is 6.54 Å². The second kappa shape index (κ2) is 4.42. The van der Waals surface area contributed by atoms with Gasteiger partial charge >= 0.3 is 0 Å². The number of hydrogen-bond acceptors (Lipinski definition) is 3. The smallest absolute Gasteiger partial charge is 0.242 e. The molecule has 1 fully saturated rings. The second-order valence-corrected chi connectivity index (χ2v) is 2.83. The Morgan fingerprint density at radius 1 is 1.75 bits per heavy atom. The van der Waals surface area contributed by atoms with Crippen molar-refractivity contribution in [2.45, 2.75) is 13.0 Å². The molecule has 1 unspecified atom stereocenters. The van der Waals surface area contributed by atoms with Crippen molar-refractivity contribution in [1.82, 2.24) is 10.2 Å². The molecule has 4 nitrogen and oxygen atoms in total. The molecule has 0 aromatic rings. The van der Waals surface area contributed by atoms with Crippen LogP contribution in [0.25, 0.3) is 0 Å². The lowest BCUT2D eigenvalue weighted by atomic mass is 10.3. The lowest BCUT2D eigenvalue weighted by Crippen LogP contribution is -2.45. The van der Waals surface area contributed by atoms with Gasteiger partial charge in [0, 0.05) is 13.1 Å². The molecule has 1 aliphatic heterocycles. The maximum Gasteiger partial charge on any atom is 0.242 e. The molecule has 1 amide bonds. The van der Waals surface area contributed by atoms with Crippen molar-refractivity contribution in [2.24, 2.45) is 0 Å². The van der Waals surface area contributed by atoms with E-state index in [1.54, 1.807) is 7.05 Å². The van der Waals surface area contributed by atoms with Crippen LogP contribution in [-0.4, -0.2) is 50.2 Å². The van der Waals surface area contributed by atoms with E-state index in [1.807, 2.05) is 11.8 Å². The zero-order valence-electron chi connectivity index (χ0n) is 7.67. The molecule has 0 aromatic heterocycles. The van der Waals surface area contributed by atoms with Crippen LogP contribution < -0.4 is 5.32 Å². The summed E-state index contributed by atoms with van der Waals surface area (Å²) < 4.78 is 5.28. The van der Waals surface area contributed by atoms with E-state index in [4.69, 9.17) is 4.74 Å². The average molecular weight is 172 g/mol. The van der Waals surface area contributed by atoms with E-state index in [9.17, 15) is 4.79 Å². The highest BCUT2D eigenvalue weighted by Gasteiger charge is 2.24. The molecule has 1 N–H and O–H groups in total. The first-order valence-corrected chi connectivity index (χ1v) is 4.33. The van der Waals surface area contributed by atoms with E-state index in [0.29, 0.717) is 19.8 Å². The molecule has 12 heavy (non-hydrogen) atoms. The SMILES string of the molecule is CCN1CCOCC(NC)C1=O. The maximum atomic E-state index is 11.6. The molecule has 4 heteroatoms. The Kier molecular flexibility index (Phi) is 3.49. The van der Waals surface area contributed by atoms with Gasteiger partial charge in [-0.05, 0) is 14.0 Å². The number of nitrogens with one attached hydrogen (secondary N) is 1. The Hall–Kier alpha value is -0.610. The number of rotatable bonds is 2. The van der Waals surface area contributed by atoms with Crippen LogP contribution in [0.4, 0.5) is 0 Å². The van der Waals surface area contributed by atoms with Crippen molar-refractivity contribution in [3.05, 3.63) is 0 Å². The Morgan fingerprint density at radius 2 is 2.50 bits per heavy atom. The third-order valence-corrected chi connectivity index (χ3v) is 2.13. The van der Waals surface area contributed by atoms with Crippen LogP contribution in [0.3, 0.4) is 0 Å². The van der Waals surface area contributed by atoms with Crippen LogP contribution in [0.15, 0.2) is 0 Å². The van der Waals surface area contributed by atoms with Crippen LogP contribution in [0, 0.1) is 0 Å². The number of hydrogen-bond donors (Lipinski definition) is 1. The normalized spacial score (nSPS) is 25.7. The maximum absolute atomic E-state index is 11.6. The quantitative estimate of drug-likeness (QED) is 0.608. The van der Waals surface area contributed by atoms with Crippen molar-refractivity contribution in [3.63, 3.8) is 0 Å². The molecule has 1 atom stereocenters. The molecule has 1 aliphatic rings. The first kappa shape index (κ1) is 9.48. The summed E-state index contributed by atoms with van der Waals surface area (Å²) in [7, 11) is 1.78. The number of ether oxygens (including phenoxy) is 1. The molecule has 1 heterocycles. The highest BCUT2D eigenvalue weighted by Crippen LogP contribution is 2.01. The Morgan fingerprint density at radius 3 is 3.08 bits per heavy atom. The highest BCUT2D eigenvalue weighted by molar-refractivity contribution is 5.82. The van der Waals surface area contributed by atoms with Gasteiger partial charge in [-0.2, -0.15) is 0 Å². The molecule has 0 spiro atoms. The third-order valence-electron chi connectivity index (χ3n) is 2.13. The van der Waals surface area contributed by atoms with Gasteiger partial charge in [-0.1, -0.05) is 0 Å². The molecule has 70 valence electrons. The Balaban J connectivity index is 2.59. The zero-order valence-corrected chi connectivity index (χ0v) is 7.67. The molecule has 0 radical (unpaired) electrons. The van der Waals surface area contributed by atoms with E-state index in [1.165, 1.54) is 0 Å². The van der Waals surface area contributed by atoms with E-state index < -0.39 is 0 Å². The van der Waals surface area contributed by atoms with E-state index in [2.05, 4.69) is 5.32 Å². The summed E-state index contributed by atoms with van der Waals surface area (Å²) >= 11 is 0. The monoisotopic (exact) mass is 172 g/mol. The van der Waals surface area contributed by atoms with Crippen LogP contribution in [0.1, 0.15) is 6.92 Å². The minimum absolute atomic E-state index is 0.150. The van der Waals surface area contributed by atoms with Crippen LogP contribution in [0.5, 0.6) is 0 Å². The number of nitrogens with zero attached hydrogens (tertiary/aromatic N) is 1. The van der Waals surface area contributed by atoms with Crippen molar-refractivity contribution in [2.75, 3.05) is 33.4 Å². The second-order valence-electron chi connectivity index (χ2n) is 2.83. The lowest BCUT2D eigenvalue weighted by Gasteiger charge is -2.20. The summed E-state index contributed by atoms with van der Waals surface area (Å²) in [5.41, 5.74) is 0. The summed E-state index contributed by atoms with van der Waals surface area (Å²) in [6, 6.07) is -0.160. The first-order valence-electron chi connectivity index (χ1n) is 4.33. The number of carbonyl (C=O) groups excluding carboxylic acids is 1. The van der Waals surface area contributed by atoms with E-state index >= 15 is 0 Å². The molecule has 0 bridgehead atoms. The first-order chi connectivity index (χ1) is 5.79. The summed E-state index contributed by atoms with van der Waals surface area (Å²) in [5.74, 6) is 0.150. The molecule has 0 saturated carbocycles. The summed E-state index contributed by atoms with van der Waals surface area (Å²) in [6.45, 7) is 4.60. The van der Waals surface area contributed by atoms with Gasteiger partial charge in [-0.3, -0.25) is 4.79 Å². The molecule has 1 rings (SSSR count). The fourth-order valence-corrected chi connectivity index (χ4v) is 1.30. The molecule has 0 aromatic carbocycles. The van der Waals surface area contributed by atoms with Gasteiger partial charge in [0.05, 0.1) is 13.2 Å². The molecular formula is C8H16N2O2. The average Bonchev–Trinajstić information content (AvgIpc) is 2.27. The lowest BCUT2D eigenvalue weighted by molar-refractivity contribution is -0.132. The van der Waals surface area contributed by atoms with Crippen LogP contribution in [0.2, 0.25) is 0 Å². The third kappa shape index (κ3) is 1.95. The molecule has 1 saturated heterocycles. The van der Waals surface area contributed by atoms with Gasteiger partial charge in [-0.25, -0.2) is 0 Å². The number of amides is 1. The minimum atomic E-state index is -0.160. The van der Waals surface area contributed by atoms with Gasteiger partial charge in [0.25, 0.3) is 0 Å². The fourth-order valence-electron chi connectivity index (χ4n) is 1.30. The van der Waals surface area contributed by atoms with Crippen LogP contribution >= 0.6 is 0 Å². The highest BCUT2D eigenvalue weighted by atomic mass is 16.5. The van der Waals surface area contributed by atoms with Crippen LogP contribution in [-0.2, 0) is 9.53 Å². The fraction of sp³-hybridized carbons (Fsp3) is 0.875. The van der Waals surface area contributed by atoms with Crippen molar-refractivity contribution in [3.8, 4) is 0 Å². The number of likely N-dealkylation sites (N-methyl/N-ethyl adjacent to an activating group) is 2. The predicted octanol–water partition coefficient (Wildman–Crippen LogP) is -0.547. The predicted molar refractivity (Wildman–Crippen MR) is 45.9 cm³/mol. The summed E-state index contributed by atoms with van der Waals surface area (Å²) in [4.78, 5) is 13.4. The summed E-state index contributed by atoms with van der Waals surface area (Å²) in [5, 5.41) is 2.94.